The molecular weight excluding hydrogens is 374 g/mol. The number of nitrogens with two attached hydrogens (primary N) is 1. The highest BCUT2D eigenvalue weighted by molar-refractivity contribution is 7.89. The Morgan fingerprint density at radius 2 is 1.75 bits per heavy atom. The molecule has 3 N–H and O–H groups in total. The number of nitrogens with one attached hydrogen (secondary N) is 1. The third-order valence-electron chi connectivity index (χ3n) is 5.19. The van der Waals surface area contributed by atoms with Gasteiger partial charge in [0.05, 0.1) is 4.90 Å². The second-order valence-corrected chi connectivity index (χ2v) is 9.26. The molecule has 1 fully saturated rings. The molecule has 7 heteroatoms. The smallest absolute Gasteiger partial charge is 0.248 e. The van der Waals surface area contributed by atoms with Crippen molar-refractivity contribution in [2.75, 3.05) is 13.1 Å². The monoisotopic (exact) mass is 401 g/mol. The van der Waals surface area contributed by atoms with Crippen molar-refractivity contribution in [3.05, 3.63) is 65.2 Å². The van der Waals surface area contributed by atoms with Crippen LogP contribution in [0.25, 0.3) is 0 Å². The second-order valence-electron chi connectivity index (χ2n) is 7.49. The largest absolute Gasteiger partial charge is 0.366 e. The van der Waals surface area contributed by atoms with Crippen LogP contribution in [0.3, 0.4) is 0 Å². The van der Waals surface area contributed by atoms with Gasteiger partial charge in [-0.1, -0.05) is 31.2 Å². The van der Waals surface area contributed by atoms with E-state index in [0.29, 0.717) is 0 Å². The van der Waals surface area contributed by atoms with Crippen LogP contribution >= 0.6 is 0 Å². The van der Waals surface area contributed by atoms with Crippen LogP contribution in [0.2, 0.25) is 0 Å². The maximum atomic E-state index is 12.5. The Morgan fingerprint density at radius 1 is 1.11 bits per heavy atom. The zero-order valence-corrected chi connectivity index (χ0v) is 16.9. The number of carbonyl (C=O) groups excluding carboxylic acids is 1. The van der Waals surface area contributed by atoms with Crippen molar-refractivity contribution in [1.82, 2.24) is 9.62 Å². The van der Waals surface area contributed by atoms with Crippen LogP contribution in [0.1, 0.15) is 41.3 Å². The highest BCUT2D eigenvalue weighted by Crippen LogP contribution is 2.19. The fourth-order valence-corrected chi connectivity index (χ4v) is 4.39. The van der Waals surface area contributed by atoms with Crippen LogP contribution in [0.5, 0.6) is 0 Å². The second kappa shape index (κ2) is 8.86. The molecule has 0 atom stereocenters. The Morgan fingerprint density at radius 3 is 2.39 bits per heavy atom. The summed E-state index contributed by atoms with van der Waals surface area (Å²) in [6.45, 7) is 5.62. The molecule has 0 aliphatic carbocycles. The highest BCUT2D eigenvalue weighted by atomic mass is 32.2. The average Bonchev–Trinajstić information content (AvgIpc) is 2.69. The van der Waals surface area contributed by atoms with Crippen molar-refractivity contribution < 1.29 is 13.2 Å². The van der Waals surface area contributed by atoms with Gasteiger partial charge in [-0.3, -0.25) is 9.69 Å². The Hall–Kier alpha value is -2.22. The normalized spacial score (nSPS) is 16.2. The molecule has 1 aliphatic rings. The van der Waals surface area contributed by atoms with Gasteiger partial charge in [0.25, 0.3) is 0 Å². The van der Waals surface area contributed by atoms with Crippen molar-refractivity contribution in [3.63, 3.8) is 0 Å². The molecule has 0 unspecified atom stereocenters. The van der Waals surface area contributed by atoms with E-state index in [-0.39, 0.29) is 17.0 Å². The number of nitrogens with zero attached hydrogens (tertiary/aromatic N) is 1. The summed E-state index contributed by atoms with van der Waals surface area (Å²) in [4.78, 5) is 13.7. The van der Waals surface area contributed by atoms with Gasteiger partial charge in [0, 0.05) is 18.7 Å². The molecule has 0 spiro atoms. The Kier molecular flexibility index (Phi) is 6.49. The van der Waals surface area contributed by atoms with E-state index in [4.69, 9.17) is 5.73 Å². The van der Waals surface area contributed by atoms with Gasteiger partial charge in [-0.25, -0.2) is 13.1 Å². The summed E-state index contributed by atoms with van der Waals surface area (Å²) >= 11 is 0. The molecule has 2 aromatic rings. The van der Waals surface area contributed by atoms with Gasteiger partial charge >= 0.3 is 0 Å². The molecule has 3 rings (SSSR count). The van der Waals surface area contributed by atoms with E-state index in [1.807, 2.05) is 12.1 Å². The molecule has 6 nitrogen and oxygen atoms in total. The third kappa shape index (κ3) is 5.41. The first-order chi connectivity index (χ1) is 13.3. The average molecular weight is 402 g/mol. The minimum absolute atomic E-state index is 0.107. The number of carbonyl (C=O) groups is 1. The number of likely N-dealkylation sites (tertiary alicyclic amines) is 1. The molecule has 150 valence electrons. The molecule has 28 heavy (non-hydrogen) atoms. The number of primary amides is 1. The number of sulfonamides is 1. The van der Waals surface area contributed by atoms with E-state index < -0.39 is 15.9 Å². The summed E-state index contributed by atoms with van der Waals surface area (Å²) in [6, 6.07) is 13.6. The van der Waals surface area contributed by atoms with Crippen LogP contribution < -0.4 is 10.5 Å². The molecule has 0 radical (unpaired) electrons. The van der Waals surface area contributed by atoms with Gasteiger partial charge in [-0.05, 0) is 67.2 Å². The lowest BCUT2D eigenvalue weighted by atomic mass is 9.98. The SMILES string of the molecule is CC1CCN(Cc2cccc(CNS(=O)(=O)c3ccc(C(N)=O)cc3)c2)CC1. The Bertz CT molecular complexity index is 918. The van der Waals surface area contributed by atoms with E-state index >= 15 is 0 Å². The zero-order chi connectivity index (χ0) is 20.1. The molecule has 0 aromatic heterocycles. The first-order valence-electron chi connectivity index (χ1n) is 9.53. The summed E-state index contributed by atoms with van der Waals surface area (Å²) in [5, 5.41) is 0. The Labute approximate surface area is 166 Å². The number of piperidine rings is 1. The minimum Gasteiger partial charge on any atom is -0.366 e. The standard InChI is InChI=1S/C21H27N3O3S/c1-16-9-11-24(12-10-16)15-18-4-2-3-17(13-18)14-23-28(26,27)20-7-5-19(6-8-20)21(22)25/h2-8,13,16,23H,9-12,14-15H2,1H3,(H2,22,25). The van der Waals surface area contributed by atoms with Gasteiger partial charge in [-0.2, -0.15) is 0 Å². The number of hydrogen-bond acceptors (Lipinski definition) is 4. The first-order valence-corrected chi connectivity index (χ1v) is 11.0. The lowest BCUT2D eigenvalue weighted by molar-refractivity contribution is 0.1000. The molecule has 1 saturated heterocycles. The minimum atomic E-state index is -3.66. The van der Waals surface area contributed by atoms with Crippen molar-refractivity contribution in [2.24, 2.45) is 11.7 Å². The van der Waals surface area contributed by atoms with Crippen LogP contribution in [-0.4, -0.2) is 32.3 Å². The fourth-order valence-electron chi connectivity index (χ4n) is 3.38. The molecule has 1 amide bonds. The molecule has 2 aromatic carbocycles. The quantitative estimate of drug-likeness (QED) is 0.746. The maximum absolute atomic E-state index is 12.5. The number of benzene rings is 2. The van der Waals surface area contributed by atoms with Crippen molar-refractivity contribution in [3.8, 4) is 0 Å². The molecule has 1 heterocycles. The van der Waals surface area contributed by atoms with Crippen molar-refractivity contribution >= 4 is 15.9 Å². The van der Waals surface area contributed by atoms with Gasteiger partial charge in [0.1, 0.15) is 0 Å². The van der Waals surface area contributed by atoms with Crippen LogP contribution in [-0.2, 0) is 23.1 Å². The third-order valence-corrected chi connectivity index (χ3v) is 6.61. The fraction of sp³-hybridized carbons (Fsp3) is 0.381. The first kappa shape index (κ1) is 20.5. The molecule has 0 bridgehead atoms. The van der Waals surface area contributed by atoms with Crippen LogP contribution in [0.15, 0.2) is 53.4 Å². The van der Waals surface area contributed by atoms with E-state index in [0.717, 1.165) is 31.1 Å². The van der Waals surface area contributed by atoms with E-state index in [1.54, 1.807) is 0 Å². The van der Waals surface area contributed by atoms with Gasteiger partial charge < -0.3 is 5.73 Å². The lowest BCUT2D eigenvalue weighted by Crippen LogP contribution is -2.32. The summed E-state index contributed by atoms with van der Waals surface area (Å²) in [7, 11) is -3.66. The van der Waals surface area contributed by atoms with E-state index in [1.165, 1.54) is 42.7 Å². The summed E-state index contributed by atoms with van der Waals surface area (Å²) in [5.41, 5.74) is 7.57. The van der Waals surface area contributed by atoms with Crippen molar-refractivity contribution in [1.29, 1.82) is 0 Å². The Balaban J connectivity index is 1.61. The highest BCUT2D eigenvalue weighted by Gasteiger charge is 2.17. The zero-order valence-electron chi connectivity index (χ0n) is 16.1. The predicted molar refractivity (Wildman–Crippen MR) is 109 cm³/mol. The number of amides is 1. The van der Waals surface area contributed by atoms with E-state index in [2.05, 4.69) is 28.7 Å². The van der Waals surface area contributed by atoms with Crippen LogP contribution in [0.4, 0.5) is 0 Å². The lowest BCUT2D eigenvalue weighted by Gasteiger charge is -2.30. The van der Waals surface area contributed by atoms with Gasteiger partial charge in [-0.15, -0.1) is 0 Å². The predicted octanol–water partition coefficient (Wildman–Crippen LogP) is 2.50. The number of rotatable bonds is 7. The van der Waals surface area contributed by atoms with Crippen LogP contribution in [0, 0.1) is 5.92 Å². The topological polar surface area (TPSA) is 92.5 Å². The van der Waals surface area contributed by atoms with Gasteiger partial charge in [0.2, 0.25) is 15.9 Å². The summed E-state index contributed by atoms with van der Waals surface area (Å²) < 4.78 is 27.6. The molecular formula is C21H27N3O3S. The van der Waals surface area contributed by atoms with E-state index in [9.17, 15) is 13.2 Å². The summed E-state index contributed by atoms with van der Waals surface area (Å²) in [6.07, 6.45) is 2.46. The van der Waals surface area contributed by atoms with Gasteiger partial charge in [0.15, 0.2) is 0 Å². The van der Waals surface area contributed by atoms with Crippen molar-refractivity contribution in [2.45, 2.75) is 37.8 Å². The maximum Gasteiger partial charge on any atom is 0.248 e. The molecule has 1 aliphatic heterocycles. The summed E-state index contributed by atoms with van der Waals surface area (Å²) in [5.74, 6) is 0.214. The molecule has 0 saturated carbocycles. The number of hydrogen-bond donors (Lipinski definition) is 2.